The Bertz CT molecular complexity index is 494. The van der Waals surface area contributed by atoms with Crippen molar-refractivity contribution in [3.63, 3.8) is 0 Å². The number of aromatic nitrogens is 2. The number of hydrogen-bond donors (Lipinski definition) is 0. The Morgan fingerprint density at radius 2 is 2.19 bits per heavy atom. The minimum Gasteiger partial charge on any atom is -0.292 e. The molecule has 0 amide bonds. The summed E-state index contributed by atoms with van der Waals surface area (Å²) in [5.41, 5.74) is 2.59. The zero-order chi connectivity index (χ0) is 11.4. The molecule has 0 aliphatic carbocycles. The van der Waals surface area contributed by atoms with Crippen molar-refractivity contribution in [2.45, 2.75) is 13.3 Å². The second kappa shape index (κ2) is 4.66. The highest BCUT2D eigenvalue weighted by Gasteiger charge is 2.07. The van der Waals surface area contributed by atoms with Gasteiger partial charge in [0.1, 0.15) is 5.69 Å². The van der Waals surface area contributed by atoms with Crippen LogP contribution in [0.5, 0.6) is 0 Å². The van der Waals surface area contributed by atoms with E-state index in [-0.39, 0.29) is 5.78 Å². The van der Waals surface area contributed by atoms with Crippen LogP contribution in [0.2, 0.25) is 0 Å². The predicted molar refractivity (Wildman–Crippen MR) is 61.2 cm³/mol. The van der Waals surface area contributed by atoms with E-state index in [1.165, 1.54) is 12.4 Å². The van der Waals surface area contributed by atoms with Gasteiger partial charge in [-0.3, -0.25) is 9.78 Å². The highest BCUT2D eigenvalue weighted by atomic mass is 16.1. The van der Waals surface area contributed by atoms with Crippen LogP contribution in [-0.4, -0.2) is 15.8 Å². The van der Waals surface area contributed by atoms with Gasteiger partial charge in [-0.25, -0.2) is 4.98 Å². The fourth-order valence-electron chi connectivity index (χ4n) is 1.54. The standard InChI is InChI=1S/C13H12N2O/c1-10-3-2-4-11(7-10)8-13(16)12-9-14-5-6-15-12/h2-7,9H,8H2,1H3. The SMILES string of the molecule is Cc1cccc(CC(=O)c2cnccn2)c1. The molecule has 3 nitrogen and oxygen atoms in total. The molecule has 2 aromatic rings. The van der Waals surface area contributed by atoms with E-state index >= 15 is 0 Å². The first kappa shape index (κ1) is 10.5. The third-order valence-corrected chi connectivity index (χ3v) is 2.30. The second-order valence-electron chi connectivity index (χ2n) is 3.68. The van der Waals surface area contributed by atoms with Gasteiger partial charge in [0, 0.05) is 18.8 Å². The minimum absolute atomic E-state index is 0.00120. The van der Waals surface area contributed by atoms with Gasteiger partial charge in [-0.15, -0.1) is 0 Å². The summed E-state index contributed by atoms with van der Waals surface area (Å²) in [6, 6.07) is 7.92. The quantitative estimate of drug-likeness (QED) is 0.732. The summed E-state index contributed by atoms with van der Waals surface area (Å²) in [6.07, 6.45) is 4.96. The molecule has 0 bridgehead atoms. The average Bonchev–Trinajstić information content (AvgIpc) is 2.30. The first-order valence-corrected chi connectivity index (χ1v) is 5.10. The monoisotopic (exact) mass is 212 g/mol. The van der Waals surface area contributed by atoms with Crippen LogP contribution in [0, 0.1) is 6.92 Å². The lowest BCUT2D eigenvalue weighted by Crippen LogP contribution is -2.06. The number of rotatable bonds is 3. The van der Waals surface area contributed by atoms with E-state index in [9.17, 15) is 4.79 Å². The van der Waals surface area contributed by atoms with Crippen molar-refractivity contribution in [3.8, 4) is 0 Å². The van der Waals surface area contributed by atoms with Crippen molar-refractivity contribution in [1.82, 2.24) is 9.97 Å². The summed E-state index contributed by atoms with van der Waals surface area (Å²) in [4.78, 5) is 19.7. The highest BCUT2D eigenvalue weighted by molar-refractivity contribution is 5.95. The molecule has 0 atom stereocenters. The minimum atomic E-state index is -0.00120. The fraction of sp³-hybridized carbons (Fsp3) is 0.154. The van der Waals surface area contributed by atoms with Crippen molar-refractivity contribution in [3.05, 3.63) is 59.7 Å². The molecular formula is C13H12N2O. The van der Waals surface area contributed by atoms with Gasteiger partial charge in [-0.05, 0) is 12.5 Å². The van der Waals surface area contributed by atoms with E-state index in [0.717, 1.165) is 11.1 Å². The summed E-state index contributed by atoms with van der Waals surface area (Å²) < 4.78 is 0. The lowest BCUT2D eigenvalue weighted by atomic mass is 10.1. The van der Waals surface area contributed by atoms with Gasteiger partial charge in [0.05, 0.1) is 6.20 Å². The van der Waals surface area contributed by atoms with Gasteiger partial charge < -0.3 is 0 Å². The molecule has 0 radical (unpaired) electrons. The van der Waals surface area contributed by atoms with E-state index in [1.807, 2.05) is 31.2 Å². The topological polar surface area (TPSA) is 42.9 Å². The van der Waals surface area contributed by atoms with E-state index in [1.54, 1.807) is 6.20 Å². The third-order valence-electron chi connectivity index (χ3n) is 2.30. The van der Waals surface area contributed by atoms with Gasteiger partial charge in [0.2, 0.25) is 0 Å². The van der Waals surface area contributed by atoms with Crippen LogP contribution in [0.15, 0.2) is 42.9 Å². The lowest BCUT2D eigenvalue weighted by molar-refractivity contribution is 0.0988. The number of carbonyl (C=O) groups excluding carboxylic acids is 1. The molecule has 16 heavy (non-hydrogen) atoms. The number of aryl methyl sites for hydroxylation is 1. The average molecular weight is 212 g/mol. The van der Waals surface area contributed by atoms with Crippen molar-refractivity contribution < 1.29 is 4.79 Å². The molecule has 0 fully saturated rings. The summed E-state index contributed by atoms with van der Waals surface area (Å²) in [6.45, 7) is 2.01. The lowest BCUT2D eigenvalue weighted by Gasteiger charge is -2.01. The molecule has 0 saturated carbocycles. The Morgan fingerprint density at radius 1 is 1.31 bits per heavy atom. The number of benzene rings is 1. The number of ketones is 1. The first-order valence-electron chi connectivity index (χ1n) is 5.10. The van der Waals surface area contributed by atoms with Gasteiger partial charge in [0.15, 0.2) is 5.78 Å². The predicted octanol–water partition coefficient (Wildman–Crippen LogP) is 2.21. The highest BCUT2D eigenvalue weighted by Crippen LogP contribution is 2.07. The maximum absolute atomic E-state index is 11.8. The van der Waals surface area contributed by atoms with Crippen LogP contribution in [-0.2, 0) is 6.42 Å². The molecule has 2 rings (SSSR count). The van der Waals surface area contributed by atoms with Crippen LogP contribution in [0.4, 0.5) is 0 Å². The van der Waals surface area contributed by atoms with E-state index in [2.05, 4.69) is 9.97 Å². The maximum atomic E-state index is 11.8. The van der Waals surface area contributed by atoms with Gasteiger partial charge in [0.25, 0.3) is 0 Å². The fourth-order valence-corrected chi connectivity index (χ4v) is 1.54. The number of Topliss-reactive ketones (excluding diaryl/α,β-unsaturated/α-hetero) is 1. The van der Waals surface area contributed by atoms with Crippen molar-refractivity contribution >= 4 is 5.78 Å². The van der Waals surface area contributed by atoms with Crippen LogP contribution in [0.1, 0.15) is 21.6 Å². The molecule has 1 heterocycles. The van der Waals surface area contributed by atoms with Gasteiger partial charge in [-0.2, -0.15) is 0 Å². The van der Waals surface area contributed by atoms with Crippen LogP contribution < -0.4 is 0 Å². The summed E-state index contributed by atoms with van der Waals surface area (Å²) in [7, 11) is 0. The third kappa shape index (κ3) is 2.51. The molecule has 1 aromatic carbocycles. The zero-order valence-electron chi connectivity index (χ0n) is 9.05. The molecule has 0 saturated heterocycles. The molecule has 0 aliphatic rings. The Morgan fingerprint density at radius 3 is 2.88 bits per heavy atom. The molecule has 0 N–H and O–H groups in total. The number of carbonyl (C=O) groups is 1. The maximum Gasteiger partial charge on any atom is 0.187 e. The van der Waals surface area contributed by atoms with Crippen molar-refractivity contribution in [1.29, 1.82) is 0 Å². The summed E-state index contributed by atoms with van der Waals surface area (Å²) in [5.74, 6) is -0.00120. The molecule has 0 unspecified atom stereocenters. The second-order valence-corrected chi connectivity index (χ2v) is 3.68. The Kier molecular flexibility index (Phi) is 3.05. The first-order chi connectivity index (χ1) is 7.75. The van der Waals surface area contributed by atoms with Gasteiger partial charge in [-0.1, -0.05) is 29.8 Å². The Balaban J connectivity index is 2.14. The molecule has 0 aliphatic heterocycles. The molecule has 0 spiro atoms. The van der Waals surface area contributed by atoms with E-state index < -0.39 is 0 Å². The van der Waals surface area contributed by atoms with Crippen molar-refractivity contribution in [2.24, 2.45) is 0 Å². The zero-order valence-corrected chi connectivity index (χ0v) is 9.05. The largest absolute Gasteiger partial charge is 0.292 e. The summed E-state index contributed by atoms with van der Waals surface area (Å²) in [5, 5.41) is 0. The van der Waals surface area contributed by atoms with Gasteiger partial charge >= 0.3 is 0 Å². The van der Waals surface area contributed by atoms with E-state index in [0.29, 0.717) is 12.1 Å². The van der Waals surface area contributed by atoms with Crippen LogP contribution in [0.25, 0.3) is 0 Å². The number of hydrogen-bond acceptors (Lipinski definition) is 3. The smallest absolute Gasteiger partial charge is 0.187 e. The van der Waals surface area contributed by atoms with Crippen LogP contribution >= 0.6 is 0 Å². The Hall–Kier alpha value is -2.03. The molecule has 3 heteroatoms. The molecular weight excluding hydrogens is 200 g/mol. The molecule has 1 aromatic heterocycles. The molecule has 80 valence electrons. The number of nitrogens with zero attached hydrogens (tertiary/aromatic N) is 2. The Labute approximate surface area is 94.2 Å². The van der Waals surface area contributed by atoms with Crippen LogP contribution in [0.3, 0.4) is 0 Å². The van der Waals surface area contributed by atoms with Crippen molar-refractivity contribution in [2.75, 3.05) is 0 Å². The summed E-state index contributed by atoms with van der Waals surface area (Å²) >= 11 is 0. The normalized spacial score (nSPS) is 10.1. The van der Waals surface area contributed by atoms with E-state index in [4.69, 9.17) is 0 Å².